The van der Waals surface area contributed by atoms with E-state index in [1.165, 1.54) is 24.0 Å². The summed E-state index contributed by atoms with van der Waals surface area (Å²) in [5, 5.41) is 23.1. The maximum Gasteiger partial charge on any atom is 0.250 e. The zero-order valence-electron chi connectivity index (χ0n) is 19.3. The molecule has 35 heavy (non-hydrogen) atoms. The minimum atomic E-state index is -0.293. The number of benzene rings is 2. The summed E-state index contributed by atoms with van der Waals surface area (Å²) in [6.45, 7) is 4.28. The lowest BCUT2D eigenvalue weighted by atomic mass is 10.2. The van der Waals surface area contributed by atoms with Gasteiger partial charge in [-0.1, -0.05) is 29.5 Å². The average Bonchev–Trinajstić information content (AvgIpc) is 3.30. The van der Waals surface area contributed by atoms with Gasteiger partial charge in [0.05, 0.1) is 18.6 Å². The van der Waals surface area contributed by atoms with Gasteiger partial charge < -0.3 is 9.84 Å². The summed E-state index contributed by atoms with van der Waals surface area (Å²) in [7, 11) is 0. The van der Waals surface area contributed by atoms with E-state index in [1.54, 1.807) is 24.5 Å². The Balaban J connectivity index is 1.46. The molecule has 0 aliphatic rings. The van der Waals surface area contributed by atoms with Crippen LogP contribution in [0.15, 0.2) is 77.2 Å². The molecule has 0 aliphatic heterocycles. The Morgan fingerprint density at radius 1 is 1.14 bits per heavy atom. The third kappa shape index (κ3) is 6.04. The molecule has 0 saturated carbocycles. The summed E-state index contributed by atoms with van der Waals surface area (Å²) >= 11 is 1.26. The fraction of sp³-hybridized carbons (Fsp3) is 0.160. The molecule has 4 aromatic rings. The molecule has 0 fully saturated rings. The number of nitrogens with zero attached hydrogens (tertiary/aromatic N) is 5. The van der Waals surface area contributed by atoms with E-state index in [9.17, 15) is 9.90 Å². The Hall–Kier alpha value is -4.18. The first kappa shape index (κ1) is 24.0. The average molecular weight is 489 g/mol. The van der Waals surface area contributed by atoms with Gasteiger partial charge in [-0.05, 0) is 61.9 Å². The highest BCUT2D eigenvalue weighted by Gasteiger charge is 2.17. The molecule has 0 unspecified atom stereocenters. The van der Waals surface area contributed by atoms with Crippen molar-refractivity contribution in [3.8, 4) is 28.6 Å². The number of amides is 1. The molecule has 2 aromatic heterocycles. The summed E-state index contributed by atoms with van der Waals surface area (Å²) < 4.78 is 7.28. The number of aryl methyl sites for hydroxylation is 1. The highest BCUT2D eigenvalue weighted by Crippen LogP contribution is 2.28. The van der Waals surface area contributed by atoms with Crippen molar-refractivity contribution >= 4 is 23.9 Å². The third-order valence-electron chi connectivity index (χ3n) is 4.88. The number of thioether (sulfide) groups is 1. The number of phenols is 1. The van der Waals surface area contributed by atoms with Crippen molar-refractivity contribution in [2.75, 3.05) is 12.4 Å². The molecule has 0 saturated heterocycles. The number of nitrogens with one attached hydrogen (secondary N) is 1. The van der Waals surface area contributed by atoms with Crippen molar-refractivity contribution in [2.24, 2.45) is 5.10 Å². The second-order valence-corrected chi connectivity index (χ2v) is 8.40. The number of phenolic OH excluding ortho intramolecular Hbond substituents is 1. The maximum atomic E-state index is 12.4. The van der Waals surface area contributed by atoms with Gasteiger partial charge in [-0.25, -0.2) is 5.43 Å². The van der Waals surface area contributed by atoms with E-state index in [0.29, 0.717) is 28.9 Å². The SMILES string of the molecule is CCOc1cc(/C=N\NC(=O)CSc2nnc(-c3ccncc3)n2-c2ccc(C)cc2)ccc1O. The highest BCUT2D eigenvalue weighted by atomic mass is 32.2. The van der Waals surface area contributed by atoms with E-state index in [4.69, 9.17) is 4.74 Å². The number of carbonyl (C=O) groups excluding carboxylic acids is 1. The zero-order valence-corrected chi connectivity index (χ0v) is 20.1. The van der Waals surface area contributed by atoms with Gasteiger partial charge in [-0.15, -0.1) is 10.2 Å². The lowest BCUT2D eigenvalue weighted by Crippen LogP contribution is -2.20. The summed E-state index contributed by atoms with van der Waals surface area (Å²) in [4.78, 5) is 16.5. The van der Waals surface area contributed by atoms with Gasteiger partial charge in [0.15, 0.2) is 22.5 Å². The predicted octanol–water partition coefficient (Wildman–Crippen LogP) is 3.98. The lowest BCUT2D eigenvalue weighted by Gasteiger charge is -2.10. The van der Waals surface area contributed by atoms with Crippen LogP contribution in [0.4, 0.5) is 0 Å². The van der Waals surface area contributed by atoms with E-state index in [-0.39, 0.29) is 17.4 Å². The number of hydrogen-bond acceptors (Lipinski definition) is 8. The minimum Gasteiger partial charge on any atom is -0.504 e. The number of pyridine rings is 1. The molecular weight excluding hydrogens is 464 g/mol. The molecule has 4 rings (SSSR count). The Kier molecular flexibility index (Phi) is 7.74. The first-order chi connectivity index (χ1) is 17.0. The smallest absolute Gasteiger partial charge is 0.250 e. The van der Waals surface area contributed by atoms with Crippen LogP contribution in [0.1, 0.15) is 18.1 Å². The maximum absolute atomic E-state index is 12.4. The van der Waals surface area contributed by atoms with E-state index < -0.39 is 0 Å². The van der Waals surface area contributed by atoms with Crippen LogP contribution >= 0.6 is 11.8 Å². The van der Waals surface area contributed by atoms with Crippen molar-refractivity contribution in [1.82, 2.24) is 25.2 Å². The van der Waals surface area contributed by atoms with Gasteiger partial charge in [0.1, 0.15) is 0 Å². The molecule has 0 radical (unpaired) electrons. The largest absolute Gasteiger partial charge is 0.504 e. The number of carbonyl (C=O) groups is 1. The van der Waals surface area contributed by atoms with Crippen LogP contribution in [0.25, 0.3) is 17.1 Å². The molecular formula is C25H24N6O3S. The highest BCUT2D eigenvalue weighted by molar-refractivity contribution is 7.99. The standard InChI is InChI=1S/C25H24N6O3S/c1-3-34-22-14-18(6-9-21(22)32)15-27-28-23(33)16-35-25-30-29-24(19-10-12-26-13-11-19)31(25)20-7-4-17(2)5-8-20/h4-15,32H,3,16H2,1-2H3,(H,28,33)/b27-15-. The number of hydrazone groups is 1. The molecule has 0 spiro atoms. The van der Waals surface area contributed by atoms with Crippen molar-refractivity contribution in [1.29, 1.82) is 0 Å². The normalized spacial score (nSPS) is 11.0. The van der Waals surface area contributed by atoms with Gasteiger partial charge in [0, 0.05) is 23.6 Å². The van der Waals surface area contributed by atoms with Gasteiger partial charge in [-0.3, -0.25) is 14.3 Å². The van der Waals surface area contributed by atoms with Crippen molar-refractivity contribution in [2.45, 2.75) is 19.0 Å². The summed E-state index contributed by atoms with van der Waals surface area (Å²) in [6, 6.07) is 16.6. The van der Waals surface area contributed by atoms with E-state index >= 15 is 0 Å². The molecule has 0 bridgehead atoms. The first-order valence-corrected chi connectivity index (χ1v) is 11.9. The second-order valence-electron chi connectivity index (χ2n) is 7.46. The van der Waals surface area contributed by atoms with Gasteiger partial charge >= 0.3 is 0 Å². The molecule has 10 heteroatoms. The summed E-state index contributed by atoms with van der Waals surface area (Å²) in [6.07, 6.45) is 4.89. The molecule has 2 heterocycles. The van der Waals surface area contributed by atoms with Gasteiger partial charge in [0.2, 0.25) is 0 Å². The van der Waals surface area contributed by atoms with Crippen LogP contribution in [0.2, 0.25) is 0 Å². The van der Waals surface area contributed by atoms with Crippen LogP contribution in [0.5, 0.6) is 11.5 Å². The Bertz CT molecular complexity index is 1320. The Morgan fingerprint density at radius 3 is 2.66 bits per heavy atom. The van der Waals surface area contributed by atoms with E-state index in [1.807, 2.05) is 54.8 Å². The zero-order chi connectivity index (χ0) is 24.6. The monoisotopic (exact) mass is 488 g/mol. The number of aromatic hydroxyl groups is 1. The molecule has 2 aromatic carbocycles. The van der Waals surface area contributed by atoms with Crippen LogP contribution < -0.4 is 10.2 Å². The minimum absolute atomic E-state index is 0.0493. The molecule has 1 amide bonds. The van der Waals surface area contributed by atoms with Crippen LogP contribution in [-0.2, 0) is 4.79 Å². The van der Waals surface area contributed by atoms with Crippen LogP contribution in [-0.4, -0.2) is 49.3 Å². The number of hydrogen-bond donors (Lipinski definition) is 2. The second kappa shape index (κ2) is 11.3. The van der Waals surface area contributed by atoms with E-state index in [0.717, 1.165) is 16.8 Å². The summed E-state index contributed by atoms with van der Waals surface area (Å²) in [5.74, 6) is 0.873. The third-order valence-corrected chi connectivity index (χ3v) is 5.81. The fourth-order valence-electron chi connectivity index (χ4n) is 3.20. The van der Waals surface area contributed by atoms with E-state index in [2.05, 4.69) is 25.7 Å². The molecule has 0 atom stereocenters. The Morgan fingerprint density at radius 2 is 1.91 bits per heavy atom. The molecule has 0 aliphatic carbocycles. The molecule has 178 valence electrons. The first-order valence-electron chi connectivity index (χ1n) is 10.9. The molecule has 9 nitrogen and oxygen atoms in total. The summed E-state index contributed by atoms with van der Waals surface area (Å²) in [5.41, 5.74) is 6.10. The molecule has 2 N–H and O–H groups in total. The topological polar surface area (TPSA) is 115 Å². The van der Waals surface area contributed by atoms with Crippen molar-refractivity contribution in [3.05, 3.63) is 78.1 Å². The van der Waals surface area contributed by atoms with Gasteiger partial charge in [0.25, 0.3) is 5.91 Å². The number of ether oxygens (including phenoxy) is 1. The number of aromatic nitrogens is 4. The number of rotatable bonds is 9. The van der Waals surface area contributed by atoms with Crippen molar-refractivity contribution < 1.29 is 14.6 Å². The van der Waals surface area contributed by atoms with Crippen LogP contribution in [0, 0.1) is 6.92 Å². The van der Waals surface area contributed by atoms with Crippen molar-refractivity contribution in [3.63, 3.8) is 0 Å². The quantitative estimate of drug-likeness (QED) is 0.208. The fourth-order valence-corrected chi connectivity index (χ4v) is 3.95. The predicted molar refractivity (Wildman–Crippen MR) is 135 cm³/mol. The Labute approximate surface area is 206 Å². The lowest BCUT2D eigenvalue weighted by molar-refractivity contribution is -0.118. The van der Waals surface area contributed by atoms with Gasteiger partial charge in [-0.2, -0.15) is 5.10 Å². The van der Waals surface area contributed by atoms with Crippen LogP contribution in [0.3, 0.4) is 0 Å².